The van der Waals surface area contributed by atoms with Crippen LogP contribution in [0.5, 0.6) is 0 Å². The Balaban J connectivity index is 0.847. The second kappa shape index (κ2) is 22.6. The summed E-state index contributed by atoms with van der Waals surface area (Å²) < 4.78 is 54.2. The van der Waals surface area contributed by atoms with E-state index >= 15 is 0 Å². The third kappa shape index (κ3) is 10.3. The molecule has 432 valence electrons. The zero-order chi connectivity index (χ0) is 54.4. The lowest BCUT2D eigenvalue weighted by Crippen LogP contribution is -2.67. The molecule has 0 aromatic heterocycles. The van der Waals surface area contributed by atoms with Crippen LogP contribution in [0.2, 0.25) is 0 Å². The number of Topliss-reactive ketones (excluding diaryl/α,β-unsaturated/α-hetero) is 1. The van der Waals surface area contributed by atoms with E-state index in [1.165, 1.54) is 6.92 Å². The first-order chi connectivity index (χ1) is 35.4. The second-order valence-corrected chi connectivity index (χ2v) is 24.1. The normalized spacial score (nSPS) is 55.4. The Morgan fingerprint density at radius 2 is 1.20 bits per heavy atom. The predicted molar refractivity (Wildman–Crippen MR) is 251 cm³/mol. The molecule has 32 unspecified atom stereocenters. The van der Waals surface area contributed by atoms with Gasteiger partial charge >= 0.3 is 0 Å². The standard InChI is InChI=1S/C51H84O24/c1-19(18-67-45-39(62)37(60)34(57)28(15-52)70-45)8-11-51(66)20(2)32-27(75-51)13-26-24-7-6-22-12-23(9-10-49(22,4)25(24)14-31(55)50(26,32)5)69-48-44(74-46-40(63)36(59)33(56)21(3)68-46)42(65)43(30(17-54)72-48)73-47-41(64)38(61)35(58)29(16-53)71-47/h19-30,32-48,52-54,56-66H,6-18H2,1-5H3. The molecule has 5 aliphatic heterocycles. The third-order valence-electron chi connectivity index (χ3n) is 19.9. The fraction of sp³-hybridized carbons (Fsp3) is 0.980. The van der Waals surface area contributed by atoms with Crippen LogP contribution in [0.1, 0.15) is 92.4 Å². The van der Waals surface area contributed by atoms with Crippen LogP contribution in [0.15, 0.2) is 0 Å². The lowest BCUT2D eigenvalue weighted by atomic mass is 9.44. The summed E-state index contributed by atoms with van der Waals surface area (Å²) in [6.07, 6.45) is -26.5. The summed E-state index contributed by atoms with van der Waals surface area (Å²) in [5.41, 5.74) is -0.979. The van der Waals surface area contributed by atoms with Crippen LogP contribution in [0.25, 0.3) is 0 Å². The molecule has 0 aromatic rings. The molecule has 5 saturated heterocycles. The molecule has 9 rings (SSSR count). The summed E-state index contributed by atoms with van der Waals surface area (Å²) in [5.74, 6) is -1.63. The number of ether oxygens (including phenoxy) is 9. The zero-order valence-electron chi connectivity index (χ0n) is 43.3. The Morgan fingerprint density at radius 1 is 0.627 bits per heavy atom. The van der Waals surface area contributed by atoms with E-state index in [1.54, 1.807) is 0 Å². The molecule has 0 radical (unpaired) electrons. The molecule has 75 heavy (non-hydrogen) atoms. The molecule has 4 aliphatic carbocycles. The first-order valence-corrected chi connectivity index (χ1v) is 27.2. The summed E-state index contributed by atoms with van der Waals surface area (Å²) in [6, 6.07) is 0. The summed E-state index contributed by atoms with van der Waals surface area (Å²) in [6.45, 7) is 7.66. The first kappa shape index (κ1) is 58.4. The van der Waals surface area contributed by atoms with Crippen LogP contribution in [-0.4, -0.2) is 245 Å². The van der Waals surface area contributed by atoms with E-state index in [-0.39, 0.29) is 71.8 Å². The first-order valence-electron chi connectivity index (χ1n) is 27.2. The van der Waals surface area contributed by atoms with Gasteiger partial charge in [0.05, 0.1) is 44.7 Å². The number of fused-ring (bicyclic) bond motifs is 7. The van der Waals surface area contributed by atoms with E-state index in [2.05, 4.69) is 13.8 Å². The van der Waals surface area contributed by atoms with Gasteiger partial charge in [-0.3, -0.25) is 4.79 Å². The highest BCUT2D eigenvalue weighted by Crippen LogP contribution is 2.70. The Hall–Kier alpha value is -1.25. The van der Waals surface area contributed by atoms with Crippen LogP contribution >= 0.6 is 0 Å². The monoisotopic (exact) mass is 1080 g/mol. The van der Waals surface area contributed by atoms with Crippen molar-refractivity contribution >= 4 is 5.78 Å². The van der Waals surface area contributed by atoms with Crippen LogP contribution in [0.3, 0.4) is 0 Å². The predicted octanol–water partition coefficient (Wildman–Crippen LogP) is -3.75. The lowest BCUT2D eigenvalue weighted by Gasteiger charge is -2.60. The van der Waals surface area contributed by atoms with Crippen LogP contribution in [-0.2, 0) is 47.4 Å². The molecular formula is C51H84O24. The van der Waals surface area contributed by atoms with Crippen LogP contribution < -0.4 is 0 Å². The maximum absolute atomic E-state index is 14.9. The molecule has 24 heteroatoms. The largest absolute Gasteiger partial charge is 0.394 e. The van der Waals surface area contributed by atoms with E-state index in [0.717, 1.165) is 12.8 Å². The van der Waals surface area contributed by atoms with Crippen molar-refractivity contribution in [3.63, 3.8) is 0 Å². The van der Waals surface area contributed by atoms with Crippen molar-refractivity contribution in [2.45, 2.75) is 233 Å². The van der Waals surface area contributed by atoms with Gasteiger partial charge in [0.1, 0.15) is 97.3 Å². The van der Waals surface area contributed by atoms with Gasteiger partial charge in [-0.1, -0.05) is 27.7 Å². The zero-order valence-corrected chi connectivity index (χ0v) is 43.3. The number of carbonyl (C=O) groups excluding carboxylic acids is 1. The summed E-state index contributed by atoms with van der Waals surface area (Å²) in [7, 11) is 0. The number of aliphatic hydroxyl groups is 14. The van der Waals surface area contributed by atoms with E-state index in [9.17, 15) is 76.3 Å². The molecule has 0 bridgehead atoms. The highest BCUT2D eigenvalue weighted by molar-refractivity contribution is 5.87. The number of hydrogen-bond donors (Lipinski definition) is 14. The molecule has 32 atom stereocenters. The second-order valence-electron chi connectivity index (χ2n) is 24.1. The van der Waals surface area contributed by atoms with Gasteiger partial charge in [0, 0.05) is 30.1 Å². The third-order valence-corrected chi connectivity index (χ3v) is 19.9. The molecule has 5 heterocycles. The topological polar surface area (TPSA) is 383 Å². The van der Waals surface area contributed by atoms with Crippen molar-refractivity contribution < 1.29 is 119 Å². The Morgan fingerprint density at radius 3 is 1.84 bits per heavy atom. The number of aliphatic hydroxyl groups excluding tert-OH is 13. The minimum absolute atomic E-state index is 0.0339. The van der Waals surface area contributed by atoms with Crippen molar-refractivity contribution in [3.05, 3.63) is 0 Å². The highest BCUT2D eigenvalue weighted by atomic mass is 16.8. The number of carbonyl (C=O) groups is 1. The molecule has 0 amide bonds. The maximum atomic E-state index is 14.9. The summed E-state index contributed by atoms with van der Waals surface area (Å²) in [5, 5.41) is 148. The van der Waals surface area contributed by atoms with Crippen molar-refractivity contribution in [1.82, 2.24) is 0 Å². The minimum Gasteiger partial charge on any atom is -0.394 e. The molecule has 4 saturated carbocycles. The molecule has 0 aromatic carbocycles. The van der Waals surface area contributed by atoms with Gasteiger partial charge in [0.2, 0.25) is 0 Å². The van der Waals surface area contributed by atoms with Gasteiger partial charge in [-0.2, -0.15) is 0 Å². The molecule has 9 aliphatic rings. The fourth-order valence-electron chi connectivity index (χ4n) is 15.3. The van der Waals surface area contributed by atoms with E-state index in [0.29, 0.717) is 38.5 Å². The quantitative estimate of drug-likeness (QED) is 0.0701. The van der Waals surface area contributed by atoms with Gasteiger partial charge in [0.15, 0.2) is 30.9 Å². The average molecular weight is 1080 g/mol. The number of rotatable bonds is 15. The molecule has 0 spiro atoms. The van der Waals surface area contributed by atoms with Crippen molar-refractivity contribution in [3.8, 4) is 0 Å². The van der Waals surface area contributed by atoms with Gasteiger partial charge < -0.3 is 114 Å². The molecule has 24 nitrogen and oxygen atoms in total. The SMILES string of the molecule is CC(CCC1(O)OC2CC3C4CCC5CC(OC6OC(CO)C(OC7OC(CO)C(O)C(O)C7O)C(O)C6OC6OC(C)C(O)C(O)C6O)CCC5(C)C4CC(=O)C3(C)C2C1C)COC1OC(CO)C(O)C(O)C1O. The van der Waals surface area contributed by atoms with Gasteiger partial charge in [0.25, 0.3) is 0 Å². The van der Waals surface area contributed by atoms with E-state index in [4.69, 9.17) is 42.6 Å². The van der Waals surface area contributed by atoms with Gasteiger partial charge in [-0.15, -0.1) is 0 Å². The van der Waals surface area contributed by atoms with Gasteiger partial charge in [-0.05, 0) is 86.9 Å². The van der Waals surface area contributed by atoms with Crippen LogP contribution in [0, 0.1) is 52.3 Å². The van der Waals surface area contributed by atoms with Crippen molar-refractivity contribution in [2.75, 3.05) is 26.4 Å². The average Bonchev–Trinajstić information content (AvgIpc) is 3.83. The highest BCUT2D eigenvalue weighted by Gasteiger charge is 2.71. The van der Waals surface area contributed by atoms with Gasteiger partial charge in [-0.25, -0.2) is 0 Å². The fourth-order valence-corrected chi connectivity index (χ4v) is 15.3. The molecule has 9 fully saturated rings. The molecular weight excluding hydrogens is 997 g/mol. The Bertz CT molecular complexity index is 1940. The van der Waals surface area contributed by atoms with Crippen molar-refractivity contribution in [2.24, 2.45) is 52.3 Å². The number of ketones is 1. The summed E-state index contributed by atoms with van der Waals surface area (Å²) in [4.78, 5) is 14.9. The van der Waals surface area contributed by atoms with E-state index in [1.807, 2.05) is 13.8 Å². The Kier molecular flexibility index (Phi) is 17.6. The maximum Gasteiger partial charge on any atom is 0.187 e. The summed E-state index contributed by atoms with van der Waals surface area (Å²) >= 11 is 0. The van der Waals surface area contributed by atoms with Crippen molar-refractivity contribution in [1.29, 1.82) is 0 Å². The van der Waals surface area contributed by atoms with E-state index < -0.39 is 160 Å². The van der Waals surface area contributed by atoms with Crippen LogP contribution in [0.4, 0.5) is 0 Å². The molecule has 14 N–H and O–H groups in total. The smallest absolute Gasteiger partial charge is 0.187 e. The lowest BCUT2D eigenvalue weighted by molar-refractivity contribution is -0.390. The Labute approximate surface area is 435 Å². The number of hydrogen-bond acceptors (Lipinski definition) is 24. The minimum atomic E-state index is -1.87.